The van der Waals surface area contributed by atoms with Gasteiger partial charge in [-0.2, -0.15) is 5.26 Å². The first kappa shape index (κ1) is 11.1. The molecule has 4 nitrogen and oxygen atoms in total. The molecule has 0 aromatic heterocycles. The fourth-order valence-corrected chi connectivity index (χ4v) is 1.29. The summed E-state index contributed by atoms with van der Waals surface area (Å²) in [5.74, 6) is 0.416. The number of methoxy groups -OCH3 is 2. The lowest BCUT2D eigenvalue weighted by molar-refractivity contribution is 0.105. The van der Waals surface area contributed by atoms with Crippen molar-refractivity contribution < 1.29 is 14.3 Å². The Morgan fingerprint density at radius 2 is 1.80 bits per heavy atom. The van der Waals surface area contributed by atoms with Crippen LogP contribution in [0.2, 0.25) is 0 Å². The number of rotatable bonds is 3. The summed E-state index contributed by atoms with van der Waals surface area (Å²) in [7, 11) is 3.00. The number of Topliss-reactive ketones (excluding diaryl/α,β-unsaturated/α-hetero) is 1. The van der Waals surface area contributed by atoms with Crippen molar-refractivity contribution in [2.24, 2.45) is 0 Å². The Morgan fingerprint density at radius 3 is 2.27 bits per heavy atom. The molecule has 0 unspecified atom stereocenters. The molecule has 0 amide bonds. The lowest BCUT2D eigenvalue weighted by atomic mass is 10.0. The minimum absolute atomic E-state index is 0.343. The predicted molar refractivity (Wildman–Crippen MR) is 54.2 cm³/mol. The number of hydrogen-bond donors (Lipinski definition) is 0. The van der Waals surface area contributed by atoms with Crippen LogP contribution in [-0.2, 0) is 0 Å². The van der Waals surface area contributed by atoms with E-state index in [4.69, 9.17) is 14.7 Å². The zero-order chi connectivity index (χ0) is 11.4. The maximum Gasteiger partial charge on any atom is 0.262 e. The van der Waals surface area contributed by atoms with Gasteiger partial charge in [0, 0.05) is 5.56 Å². The number of ether oxygens (including phenoxy) is 2. The van der Waals surface area contributed by atoms with E-state index in [1.807, 2.05) is 0 Å². The first-order chi connectivity index (χ1) is 7.13. The molecular formula is C11H11NO3. The maximum atomic E-state index is 11.2. The van der Waals surface area contributed by atoms with Crippen LogP contribution in [0.5, 0.6) is 11.5 Å². The second kappa shape index (κ2) is 4.47. The van der Waals surface area contributed by atoms with Crippen molar-refractivity contribution in [1.29, 1.82) is 5.26 Å². The van der Waals surface area contributed by atoms with Gasteiger partial charge in [-0.3, -0.25) is 4.79 Å². The molecule has 0 heterocycles. The summed E-state index contributed by atoms with van der Waals surface area (Å²) in [5.41, 5.74) is 1.04. The average Bonchev–Trinajstić information content (AvgIpc) is 2.27. The number of carbonyl (C=O) groups excluding carboxylic acids is 1. The third-order valence-corrected chi connectivity index (χ3v) is 2.08. The minimum Gasteiger partial charge on any atom is -0.493 e. The van der Waals surface area contributed by atoms with E-state index in [1.54, 1.807) is 19.1 Å². The Hall–Kier alpha value is -2.02. The Morgan fingerprint density at radius 1 is 1.27 bits per heavy atom. The van der Waals surface area contributed by atoms with Crippen LogP contribution in [0.25, 0.3) is 0 Å². The highest BCUT2D eigenvalue weighted by Gasteiger charge is 2.13. The molecule has 0 saturated carbocycles. The topological polar surface area (TPSA) is 59.3 Å². The molecule has 1 aromatic carbocycles. The van der Waals surface area contributed by atoms with Crippen LogP contribution in [0, 0.1) is 18.3 Å². The van der Waals surface area contributed by atoms with Crippen LogP contribution < -0.4 is 9.47 Å². The third kappa shape index (κ3) is 2.08. The Labute approximate surface area is 88.0 Å². The number of aryl methyl sites for hydroxylation is 1. The monoisotopic (exact) mass is 205 g/mol. The van der Waals surface area contributed by atoms with Crippen molar-refractivity contribution in [1.82, 2.24) is 0 Å². The standard InChI is InChI=1S/C11H11NO3/c1-7-4-10(14-2)11(15-3)5-8(7)9(13)6-12/h4-5H,1-3H3. The Kier molecular flexibility index (Phi) is 3.29. The second-order valence-corrected chi connectivity index (χ2v) is 2.96. The fraction of sp³-hybridized carbons (Fsp3) is 0.273. The van der Waals surface area contributed by atoms with E-state index in [9.17, 15) is 4.79 Å². The number of nitrogens with zero attached hydrogens (tertiary/aromatic N) is 1. The zero-order valence-corrected chi connectivity index (χ0v) is 8.83. The molecule has 4 heteroatoms. The van der Waals surface area contributed by atoms with Crippen molar-refractivity contribution >= 4 is 5.78 Å². The van der Waals surface area contributed by atoms with Crippen LogP contribution in [0.4, 0.5) is 0 Å². The van der Waals surface area contributed by atoms with Crippen molar-refractivity contribution in [3.05, 3.63) is 23.3 Å². The molecule has 0 aliphatic heterocycles. The van der Waals surface area contributed by atoms with Gasteiger partial charge in [-0.25, -0.2) is 0 Å². The molecule has 1 rings (SSSR count). The van der Waals surface area contributed by atoms with Gasteiger partial charge < -0.3 is 9.47 Å². The third-order valence-electron chi connectivity index (χ3n) is 2.08. The van der Waals surface area contributed by atoms with Gasteiger partial charge in [-0.1, -0.05) is 0 Å². The molecule has 0 aliphatic carbocycles. The van der Waals surface area contributed by atoms with E-state index < -0.39 is 5.78 Å². The summed E-state index contributed by atoms with van der Waals surface area (Å²) in [6, 6.07) is 4.76. The molecule has 0 atom stereocenters. The van der Waals surface area contributed by atoms with Crippen molar-refractivity contribution in [3.8, 4) is 17.6 Å². The summed E-state index contributed by atoms with van der Waals surface area (Å²) in [4.78, 5) is 11.2. The highest BCUT2D eigenvalue weighted by Crippen LogP contribution is 2.30. The van der Waals surface area contributed by atoms with Gasteiger partial charge in [0.05, 0.1) is 14.2 Å². The molecule has 0 saturated heterocycles. The molecule has 0 N–H and O–H groups in total. The van der Waals surface area contributed by atoms with Crippen molar-refractivity contribution in [3.63, 3.8) is 0 Å². The lowest BCUT2D eigenvalue weighted by Crippen LogP contribution is -2.01. The summed E-state index contributed by atoms with van der Waals surface area (Å²) < 4.78 is 10.1. The zero-order valence-electron chi connectivity index (χ0n) is 8.83. The number of benzene rings is 1. The summed E-state index contributed by atoms with van der Waals surface area (Å²) in [6.07, 6.45) is 0. The van der Waals surface area contributed by atoms with Gasteiger partial charge in [0.1, 0.15) is 6.07 Å². The van der Waals surface area contributed by atoms with Crippen LogP contribution in [0.15, 0.2) is 12.1 Å². The lowest BCUT2D eigenvalue weighted by Gasteiger charge is -2.10. The van der Waals surface area contributed by atoms with Gasteiger partial charge in [-0.05, 0) is 24.6 Å². The number of ketones is 1. The molecular weight excluding hydrogens is 194 g/mol. The predicted octanol–water partition coefficient (Wildman–Crippen LogP) is 1.72. The van der Waals surface area contributed by atoms with Crippen LogP contribution in [-0.4, -0.2) is 20.0 Å². The largest absolute Gasteiger partial charge is 0.493 e. The fourth-order valence-electron chi connectivity index (χ4n) is 1.29. The highest BCUT2D eigenvalue weighted by molar-refractivity contribution is 6.08. The van der Waals surface area contributed by atoms with E-state index in [0.29, 0.717) is 22.6 Å². The quantitative estimate of drug-likeness (QED) is 0.556. The molecule has 0 fully saturated rings. The van der Waals surface area contributed by atoms with Gasteiger partial charge in [0.2, 0.25) is 0 Å². The van der Waals surface area contributed by atoms with Gasteiger partial charge in [0.25, 0.3) is 5.78 Å². The first-order valence-electron chi connectivity index (χ1n) is 4.31. The number of hydrogen-bond acceptors (Lipinski definition) is 4. The van der Waals surface area contributed by atoms with Crippen molar-refractivity contribution in [2.75, 3.05) is 14.2 Å². The van der Waals surface area contributed by atoms with Gasteiger partial charge in [0.15, 0.2) is 11.5 Å². The summed E-state index contributed by atoms with van der Waals surface area (Å²) in [5, 5.41) is 8.53. The van der Waals surface area contributed by atoms with Crippen LogP contribution in [0.3, 0.4) is 0 Å². The SMILES string of the molecule is COc1cc(C)c(C(=O)C#N)cc1OC. The van der Waals surface area contributed by atoms with Gasteiger partial charge in [-0.15, -0.1) is 0 Å². The van der Waals surface area contributed by atoms with E-state index in [1.165, 1.54) is 20.3 Å². The maximum absolute atomic E-state index is 11.2. The number of carbonyl (C=O) groups is 1. The number of nitriles is 1. The van der Waals surface area contributed by atoms with E-state index in [0.717, 1.165) is 0 Å². The molecule has 0 spiro atoms. The molecule has 0 bridgehead atoms. The van der Waals surface area contributed by atoms with E-state index in [-0.39, 0.29) is 0 Å². The Balaban J connectivity index is 3.33. The molecule has 15 heavy (non-hydrogen) atoms. The Bertz CT molecular complexity index is 432. The second-order valence-electron chi connectivity index (χ2n) is 2.96. The van der Waals surface area contributed by atoms with Crippen molar-refractivity contribution in [2.45, 2.75) is 6.92 Å². The minimum atomic E-state index is -0.576. The molecule has 0 aliphatic rings. The molecule has 0 radical (unpaired) electrons. The molecule has 1 aromatic rings. The highest BCUT2D eigenvalue weighted by atomic mass is 16.5. The van der Waals surface area contributed by atoms with Crippen LogP contribution in [0.1, 0.15) is 15.9 Å². The summed E-state index contributed by atoms with van der Waals surface area (Å²) in [6.45, 7) is 1.74. The van der Waals surface area contributed by atoms with E-state index in [2.05, 4.69) is 0 Å². The normalized spacial score (nSPS) is 9.20. The molecule has 78 valence electrons. The first-order valence-corrected chi connectivity index (χ1v) is 4.31. The summed E-state index contributed by atoms with van der Waals surface area (Å²) >= 11 is 0. The van der Waals surface area contributed by atoms with Gasteiger partial charge >= 0.3 is 0 Å². The van der Waals surface area contributed by atoms with Crippen LogP contribution >= 0.6 is 0 Å². The van der Waals surface area contributed by atoms with E-state index >= 15 is 0 Å². The average molecular weight is 205 g/mol. The smallest absolute Gasteiger partial charge is 0.262 e.